The number of carbonyl (C=O) groups is 1. The van der Waals surface area contributed by atoms with Crippen LogP contribution in [0.25, 0.3) is 0 Å². The Morgan fingerprint density at radius 3 is 2.53 bits per heavy atom. The second-order valence-electron chi connectivity index (χ2n) is 4.94. The predicted molar refractivity (Wildman–Crippen MR) is 78.6 cm³/mol. The SMILES string of the molecule is O=C(CSc1ccc(Cl)cc1)NC1(CO)CCCC1. The van der Waals surface area contributed by atoms with Gasteiger partial charge in [-0.05, 0) is 37.1 Å². The first kappa shape index (κ1) is 14.7. The van der Waals surface area contributed by atoms with Crippen LogP contribution in [0.2, 0.25) is 5.02 Å². The van der Waals surface area contributed by atoms with Gasteiger partial charge in [0.15, 0.2) is 0 Å². The van der Waals surface area contributed by atoms with Crippen molar-refractivity contribution in [3.05, 3.63) is 29.3 Å². The van der Waals surface area contributed by atoms with E-state index in [0.717, 1.165) is 30.6 Å². The molecular weight excluding hydrogens is 282 g/mol. The normalized spacial score (nSPS) is 17.4. The van der Waals surface area contributed by atoms with Crippen molar-refractivity contribution < 1.29 is 9.90 Å². The first-order valence-corrected chi connectivity index (χ1v) is 7.80. The summed E-state index contributed by atoms with van der Waals surface area (Å²) in [5.74, 6) is 0.347. The Hall–Kier alpha value is -0.710. The summed E-state index contributed by atoms with van der Waals surface area (Å²) in [5.41, 5.74) is -0.377. The van der Waals surface area contributed by atoms with E-state index in [4.69, 9.17) is 11.6 Å². The van der Waals surface area contributed by atoms with Crippen molar-refractivity contribution in [1.82, 2.24) is 5.32 Å². The highest BCUT2D eigenvalue weighted by Gasteiger charge is 2.34. The van der Waals surface area contributed by atoms with Gasteiger partial charge < -0.3 is 10.4 Å². The molecule has 0 aromatic heterocycles. The maximum Gasteiger partial charge on any atom is 0.230 e. The molecule has 1 fully saturated rings. The van der Waals surface area contributed by atoms with Gasteiger partial charge in [0.05, 0.1) is 17.9 Å². The first-order valence-electron chi connectivity index (χ1n) is 6.44. The smallest absolute Gasteiger partial charge is 0.230 e. The minimum absolute atomic E-state index is 0.0177. The molecule has 104 valence electrons. The molecule has 0 saturated heterocycles. The molecule has 0 heterocycles. The van der Waals surface area contributed by atoms with Crippen LogP contribution in [0.4, 0.5) is 0 Å². The third-order valence-corrected chi connectivity index (χ3v) is 4.72. The molecule has 2 N–H and O–H groups in total. The lowest BCUT2D eigenvalue weighted by atomic mass is 9.99. The molecule has 1 aromatic carbocycles. The van der Waals surface area contributed by atoms with Crippen molar-refractivity contribution >= 4 is 29.3 Å². The van der Waals surface area contributed by atoms with E-state index in [2.05, 4.69) is 5.32 Å². The standard InChI is InChI=1S/C14H18ClNO2S/c15-11-3-5-12(6-4-11)19-9-13(18)16-14(10-17)7-1-2-8-14/h3-6,17H,1-2,7-10H2,(H,16,18). The van der Waals surface area contributed by atoms with E-state index in [0.29, 0.717) is 10.8 Å². The van der Waals surface area contributed by atoms with Gasteiger partial charge in [0.25, 0.3) is 0 Å². The van der Waals surface area contributed by atoms with Crippen LogP contribution in [-0.4, -0.2) is 28.9 Å². The first-order chi connectivity index (χ1) is 9.13. The third-order valence-electron chi connectivity index (χ3n) is 3.45. The molecule has 19 heavy (non-hydrogen) atoms. The molecule has 1 amide bonds. The van der Waals surface area contributed by atoms with Crippen LogP contribution in [0.1, 0.15) is 25.7 Å². The molecule has 1 aromatic rings. The van der Waals surface area contributed by atoms with Gasteiger partial charge in [0, 0.05) is 9.92 Å². The third kappa shape index (κ3) is 4.13. The molecule has 1 aliphatic carbocycles. The fourth-order valence-corrected chi connectivity index (χ4v) is 3.21. The largest absolute Gasteiger partial charge is 0.394 e. The number of nitrogens with one attached hydrogen (secondary N) is 1. The summed E-state index contributed by atoms with van der Waals surface area (Å²) >= 11 is 7.29. The van der Waals surface area contributed by atoms with Gasteiger partial charge in [-0.1, -0.05) is 24.4 Å². The fraction of sp³-hybridized carbons (Fsp3) is 0.500. The van der Waals surface area contributed by atoms with Crippen LogP contribution >= 0.6 is 23.4 Å². The molecule has 0 aliphatic heterocycles. The van der Waals surface area contributed by atoms with E-state index in [9.17, 15) is 9.90 Å². The molecule has 0 atom stereocenters. The molecule has 0 bridgehead atoms. The Morgan fingerprint density at radius 1 is 1.32 bits per heavy atom. The van der Waals surface area contributed by atoms with E-state index >= 15 is 0 Å². The van der Waals surface area contributed by atoms with Crippen LogP contribution in [0.15, 0.2) is 29.2 Å². The van der Waals surface area contributed by atoms with Crippen molar-refractivity contribution in [3.8, 4) is 0 Å². The van der Waals surface area contributed by atoms with E-state index in [1.54, 1.807) is 0 Å². The molecule has 0 spiro atoms. The average Bonchev–Trinajstić information content (AvgIpc) is 2.87. The molecular formula is C14H18ClNO2S. The number of thioether (sulfide) groups is 1. The number of aliphatic hydroxyl groups excluding tert-OH is 1. The minimum Gasteiger partial charge on any atom is -0.394 e. The van der Waals surface area contributed by atoms with Gasteiger partial charge >= 0.3 is 0 Å². The van der Waals surface area contributed by atoms with Crippen LogP contribution in [0.3, 0.4) is 0 Å². The predicted octanol–water partition coefficient (Wildman–Crippen LogP) is 2.85. The van der Waals surface area contributed by atoms with Crippen LogP contribution in [0, 0.1) is 0 Å². The summed E-state index contributed by atoms with van der Waals surface area (Å²) in [6, 6.07) is 7.43. The van der Waals surface area contributed by atoms with Crippen LogP contribution < -0.4 is 5.32 Å². The van der Waals surface area contributed by atoms with Crippen molar-refractivity contribution in [1.29, 1.82) is 0 Å². The topological polar surface area (TPSA) is 49.3 Å². The van der Waals surface area contributed by atoms with E-state index in [-0.39, 0.29) is 18.1 Å². The van der Waals surface area contributed by atoms with Gasteiger partial charge in [-0.25, -0.2) is 0 Å². The fourth-order valence-electron chi connectivity index (χ4n) is 2.39. The summed E-state index contributed by atoms with van der Waals surface area (Å²) < 4.78 is 0. The Morgan fingerprint density at radius 2 is 1.95 bits per heavy atom. The van der Waals surface area contributed by atoms with Gasteiger partial charge in [-0.3, -0.25) is 4.79 Å². The van der Waals surface area contributed by atoms with Crippen molar-refractivity contribution in [3.63, 3.8) is 0 Å². The van der Waals surface area contributed by atoms with Crippen molar-refractivity contribution in [2.45, 2.75) is 36.1 Å². The van der Waals surface area contributed by atoms with Gasteiger partial charge in [0.2, 0.25) is 5.91 Å². The summed E-state index contributed by atoms with van der Waals surface area (Å²) in [6.07, 6.45) is 3.90. The molecule has 1 saturated carbocycles. The second-order valence-corrected chi connectivity index (χ2v) is 6.42. The number of carbonyl (C=O) groups excluding carboxylic acids is 1. The average molecular weight is 300 g/mol. The Bertz CT molecular complexity index is 430. The Balaban J connectivity index is 1.82. The molecule has 3 nitrogen and oxygen atoms in total. The molecule has 2 rings (SSSR count). The monoisotopic (exact) mass is 299 g/mol. The van der Waals surface area contributed by atoms with E-state index in [1.807, 2.05) is 24.3 Å². The highest BCUT2D eigenvalue weighted by Crippen LogP contribution is 2.29. The summed E-state index contributed by atoms with van der Waals surface area (Å²) in [5, 5.41) is 13.1. The zero-order valence-corrected chi connectivity index (χ0v) is 12.3. The number of hydrogen-bond donors (Lipinski definition) is 2. The number of amides is 1. The van der Waals surface area contributed by atoms with Crippen molar-refractivity contribution in [2.24, 2.45) is 0 Å². The molecule has 0 unspecified atom stereocenters. The lowest BCUT2D eigenvalue weighted by Gasteiger charge is -2.27. The molecule has 5 heteroatoms. The zero-order valence-electron chi connectivity index (χ0n) is 10.7. The highest BCUT2D eigenvalue weighted by atomic mass is 35.5. The number of aliphatic hydroxyl groups is 1. The minimum atomic E-state index is -0.377. The number of rotatable bonds is 5. The maximum atomic E-state index is 11.9. The second kappa shape index (κ2) is 6.64. The van der Waals surface area contributed by atoms with Crippen molar-refractivity contribution in [2.75, 3.05) is 12.4 Å². The molecule has 0 radical (unpaired) electrons. The van der Waals surface area contributed by atoms with Crippen LogP contribution in [0.5, 0.6) is 0 Å². The number of halogens is 1. The van der Waals surface area contributed by atoms with E-state index < -0.39 is 0 Å². The highest BCUT2D eigenvalue weighted by molar-refractivity contribution is 8.00. The number of benzene rings is 1. The zero-order chi connectivity index (χ0) is 13.7. The Labute approximate surface area is 122 Å². The van der Waals surface area contributed by atoms with Crippen LogP contribution in [-0.2, 0) is 4.79 Å². The summed E-state index contributed by atoms with van der Waals surface area (Å²) in [4.78, 5) is 13.0. The van der Waals surface area contributed by atoms with E-state index in [1.165, 1.54) is 11.8 Å². The lowest BCUT2D eigenvalue weighted by molar-refractivity contribution is -0.121. The van der Waals surface area contributed by atoms with Gasteiger partial charge in [0.1, 0.15) is 0 Å². The lowest BCUT2D eigenvalue weighted by Crippen LogP contribution is -2.49. The summed E-state index contributed by atoms with van der Waals surface area (Å²) in [6.45, 7) is 0.0321. The Kier molecular flexibility index (Phi) is 5.13. The maximum absolute atomic E-state index is 11.9. The van der Waals surface area contributed by atoms with Gasteiger partial charge in [-0.2, -0.15) is 0 Å². The number of hydrogen-bond acceptors (Lipinski definition) is 3. The summed E-state index contributed by atoms with van der Waals surface area (Å²) in [7, 11) is 0. The quantitative estimate of drug-likeness (QED) is 0.822. The molecule has 1 aliphatic rings. The van der Waals surface area contributed by atoms with Gasteiger partial charge in [-0.15, -0.1) is 11.8 Å².